The maximum Gasteiger partial charge on any atom is 0.255 e. The fourth-order valence-corrected chi connectivity index (χ4v) is 2.35. The summed E-state index contributed by atoms with van der Waals surface area (Å²) in [6.07, 6.45) is 1.26. The number of anilines is 1. The number of nitrogens with zero attached hydrogens (tertiary/aromatic N) is 2. The molecule has 3 aromatic rings. The number of rotatable bonds is 3. The van der Waals surface area contributed by atoms with Gasteiger partial charge in [0.1, 0.15) is 0 Å². The number of nitrogens with one attached hydrogen (secondary N) is 1. The van der Waals surface area contributed by atoms with Crippen LogP contribution in [0.5, 0.6) is 0 Å². The molecule has 0 atom stereocenters. The lowest BCUT2D eigenvalue weighted by Crippen LogP contribution is -2.12. The molecule has 22 heavy (non-hydrogen) atoms. The van der Waals surface area contributed by atoms with E-state index in [9.17, 15) is 4.79 Å². The minimum absolute atomic E-state index is 0.171. The normalized spacial score (nSPS) is 10.5. The molecule has 3 rings (SSSR count). The SMILES string of the molecule is Cc1cc(C)cc(NC(=O)c2cccc(-c3ncon3)c2)c1. The lowest BCUT2D eigenvalue weighted by molar-refractivity contribution is 0.102. The second-order valence-corrected chi connectivity index (χ2v) is 5.17. The van der Waals surface area contributed by atoms with E-state index in [1.54, 1.807) is 18.2 Å². The van der Waals surface area contributed by atoms with Gasteiger partial charge in [-0.3, -0.25) is 4.79 Å². The highest BCUT2D eigenvalue weighted by Gasteiger charge is 2.10. The molecule has 5 nitrogen and oxygen atoms in total. The summed E-state index contributed by atoms with van der Waals surface area (Å²) in [5.74, 6) is 0.288. The number of hydrogen-bond acceptors (Lipinski definition) is 4. The molecule has 0 saturated heterocycles. The summed E-state index contributed by atoms with van der Waals surface area (Å²) in [6, 6.07) is 13.1. The van der Waals surface area contributed by atoms with Crippen molar-refractivity contribution in [1.29, 1.82) is 0 Å². The maximum atomic E-state index is 12.4. The minimum Gasteiger partial charge on any atom is -0.342 e. The van der Waals surface area contributed by atoms with Gasteiger partial charge in [-0.1, -0.05) is 23.4 Å². The van der Waals surface area contributed by atoms with Crippen LogP contribution in [-0.4, -0.2) is 16.0 Å². The molecular formula is C17H15N3O2. The highest BCUT2D eigenvalue weighted by Crippen LogP contribution is 2.18. The van der Waals surface area contributed by atoms with Crippen molar-refractivity contribution >= 4 is 11.6 Å². The van der Waals surface area contributed by atoms with Crippen molar-refractivity contribution in [2.75, 3.05) is 5.32 Å². The molecular weight excluding hydrogens is 278 g/mol. The van der Waals surface area contributed by atoms with E-state index in [2.05, 4.69) is 21.5 Å². The van der Waals surface area contributed by atoms with Gasteiger partial charge in [-0.05, 0) is 49.2 Å². The summed E-state index contributed by atoms with van der Waals surface area (Å²) in [6.45, 7) is 4.00. The fraction of sp³-hybridized carbons (Fsp3) is 0.118. The predicted octanol–water partition coefficient (Wildman–Crippen LogP) is 3.61. The number of carbonyl (C=O) groups excluding carboxylic acids is 1. The van der Waals surface area contributed by atoms with Gasteiger partial charge in [0, 0.05) is 16.8 Å². The number of aromatic nitrogens is 2. The van der Waals surface area contributed by atoms with Gasteiger partial charge in [-0.2, -0.15) is 4.98 Å². The topological polar surface area (TPSA) is 68.0 Å². The van der Waals surface area contributed by atoms with Crippen molar-refractivity contribution in [3.05, 3.63) is 65.5 Å². The molecule has 1 heterocycles. The van der Waals surface area contributed by atoms with Crippen molar-refractivity contribution in [3.63, 3.8) is 0 Å². The van der Waals surface area contributed by atoms with E-state index in [4.69, 9.17) is 4.52 Å². The van der Waals surface area contributed by atoms with Crippen LogP contribution in [0.4, 0.5) is 5.69 Å². The molecule has 0 bridgehead atoms. The highest BCUT2D eigenvalue weighted by molar-refractivity contribution is 6.04. The first-order valence-electron chi connectivity index (χ1n) is 6.88. The maximum absolute atomic E-state index is 12.4. The van der Waals surface area contributed by atoms with Crippen LogP contribution in [0.2, 0.25) is 0 Å². The largest absolute Gasteiger partial charge is 0.342 e. The first-order valence-corrected chi connectivity index (χ1v) is 6.88. The van der Waals surface area contributed by atoms with Crippen LogP contribution < -0.4 is 5.32 Å². The van der Waals surface area contributed by atoms with E-state index in [0.29, 0.717) is 11.4 Å². The Bertz CT molecular complexity index is 790. The highest BCUT2D eigenvalue weighted by atomic mass is 16.5. The molecule has 0 spiro atoms. The number of carbonyl (C=O) groups is 1. The smallest absolute Gasteiger partial charge is 0.255 e. The summed E-state index contributed by atoms with van der Waals surface area (Å²) in [7, 11) is 0. The van der Waals surface area contributed by atoms with Crippen LogP contribution in [-0.2, 0) is 0 Å². The molecule has 2 aromatic carbocycles. The minimum atomic E-state index is -0.171. The first-order chi connectivity index (χ1) is 10.6. The summed E-state index contributed by atoms with van der Waals surface area (Å²) < 4.78 is 4.73. The zero-order chi connectivity index (χ0) is 15.5. The Labute approximate surface area is 128 Å². The first kappa shape index (κ1) is 14.0. The van der Waals surface area contributed by atoms with E-state index >= 15 is 0 Å². The van der Waals surface area contributed by atoms with Gasteiger partial charge in [0.25, 0.3) is 5.91 Å². The lowest BCUT2D eigenvalue weighted by Gasteiger charge is -2.08. The number of hydrogen-bond donors (Lipinski definition) is 1. The number of amides is 1. The zero-order valence-electron chi connectivity index (χ0n) is 12.3. The van der Waals surface area contributed by atoms with Crippen LogP contribution in [0.1, 0.15) is 21.5 Å². The van der Waals surface area contributed by atoms with E-state index in [0.717, 1.165) is 22.4 Å². The molecule has 0 aliphatic heterocycles. The summed E-state index contributed by atoms with van der Waals surface area (Å²) in [5, 5.41) is 6.69. The second kappa shape index (κ2) is 5.81. The molecule has 1 amide bonds. The molecule has 1 N–H and O–H groups in total. The van der Waals surface area contributed by atoms with Crippen molar-refractivity contribution in [3.8, 4) is 11.4 Å². The van der Waals surface area contributed by atoms with E-state index in [1.807, 2.05) is 32.0 Å². The molecule has 0 aliphatic rings. The van der Waals surface area contributed by atoms with Crippen LogP contribution in [0.15, 0.2) is 53.4 Å². The van der Waals surface area contributed by atoms with Crippen molar-refractivity contribution < 1.29 is 9.32 Å². The third-order valence-electron chi connectivity index (χ3n) is 3.22. The van der Waals surface area contributed by atoms with Crippen molar-refractivity contribution in [2.24, 2.45) is 0 Å². The van der Waals surface area contributed by atoms with Gasteiger partial charge in [0.15, 0.2) is 0 Å². The summed E-state index contributed by atoms with van der Waals surface area (Å²) >= 11 is 0. The van der Waals surface area contributed by atoms with Gasteiger partial charge in [0.2, 0.25) is 12.2 Å². The van der Waals surface area contributed by atoms with Gasteiger partial charge in [-0.15, -0.1) is 0 Å². The van der Waals surface area contributed by atoms with Crippen LogP contribution >= 0.6 is 0 Å². The Morgan fingerprint density at radius 1 is 1.09 bits per heavy atom. The number of aryl methyl sites for hydroxylation is 2. The van der Waals surface area contributed by atoms with Crippen molar-refractivity contribution in [2.45, 2.75) is 13.8 Å². The number of benzene rings is 2. The summed E-state index contributed by atoms with van der Waals surface area (Å²) in [4.78, 5) is 16.4. The van der Waals surface area contributed by atoms with E-state index in [1.165, 1.54) is 6.39 Å². The Hall–Kier alpha value is -2.95. The van der Waals surface area contributed by atoms with E-state index in [-0.39, 0.29) is 5.91 Å². The van der Waals surface area contributed by atoms with Gasteiger partial charge < -0.3 is 9.84 Å². The van der Waals surface area contributed by atoms with Gasteiger partial charge >= 0.3 is 0 Å². The monoisotopic (exact) mass is 293 g/mol. The standard InChI is InChI=1S/C17H15N3O2/c1-11-6-12(2)8-15(7-11)19-17(21)14-5-3-4-13(9-14)16-18-10-22-20-16/h3-10H,1-2H3,(H,19,21). The van der Waals surface area contributed by atoms with Crippen LogP contribution in [0.25, 0.3) is 11.4 Å². The molecule has 110 valence electrons. The third kappa shape index (κ3) is 3.03. The van der Waals surface area contributed by atoms with Crippen LogP contribution in [0, 0.1) is 13.8 Å². The molecule has 1 aromatic heterocycles. The molecule has 0 saturated carbocycles. The molecule has 0 fully saturated rings. The van der Waals surface area contributed by atoms with E-state index < -0.39 is 0 Å². The molecule has 0 radical (unpaired) electrons. The molecule has 5 heteroatoms. The van der Waals surface area contributed by atoms with Gasteiger partial charge in [0.05, 0.1) is 0 Å². The fourth-order valence-electron chi connectivity index (χ4n) is 2.35. The predicted molar refractivity (Wildman–Crippen MR) is 83.6 cm³/mol. The Balaban J connectivity index is 1.85. The lowest BCUT2D eigenvalue weighted by atomic mass is 10.1. The Morgan fingerprint density at radius 2 is 1.86 bits per heavy atom. The zero-order valence-corrected chi connectivity index (χ0v) is 12.3. The van der Waals surface area contributed by atoms with Crippen molar-refractivity contribution in [1.82, 2.24) is 10.1 Å². The Morgan fingerprint density at radius 3 is 2.55 bits per heavy atom. The van der Waals surface area contributed by atoms with Crippen LogP contribution in [0.3, 0.4) is 0 Å². The molecule has 0 aliphatic carbocycles. The average molecular weight is 293 g/mol. The third-order valence-corrected chi connectivity index (χ3v) is 3.22. The Kier molecular flexibility index (Phi) is 3.70. The quantitative estimate of drug-likeness (QED) is 0.801. The molecule has 0 unspecified atom stereocenters. The summed E-state index contributed by atoms with van der Waals surface area (Å²) in [5.41, 5.74) is 4.28. The second-order valence-electron chi connectivity index (χ2n) is 5.17. The average Bonchev–Trinajstić information content (AvgIpc) is 3.00. The van der Waals surface area contributed by atoms with Gasteiger partial charge in [-0.25, -0.2) is 0 Å².